The van der Waals surface area contributed by atoms with E-state index in [0.29, 0.717) is 36.0 Å². The summed E-state index contributed by atoms with van der Waals surface area (Å²) in [6.45, 7) is 8.56. The van der Waals surface area contributed by atoms with Crippen LogP contribution in [0.5, 0.6) is 5.75 Å². The summed E-state index contributed by atoms with van der Waals surface area (Å²) in [7, 11) is 0.858. The molecule has 4 aliphatic rings. The van der Waals surface area contributed by atoms with Crippen molar-refractivity contribution in [1.29, 1.82) is 0 Å². The molecule has 1 aliphatic heterocycles. The van der Waals surface area contributed by atoms with Gasteiger partial charge in [0, 0.05) is 6.42 Å². The van der Waals surface area contributed by atoms with Crippen LogP contribution in [0.25, 0.3) is 0 Å². The molecule has 3 saturated carbocycles. The minimum Gasteiger partial charge on any atom is -0.496 e. The van der Waals surface area contributed by atoms with Crippen LogP contribution in [-0.4, -0.2) is 48.9 Å². The lowest BCUT2D eigenvalue weighted by atomic mass is 9.43. The van der Waals surface area contributed by atoms with Crippen LogP contribution in [0.3, 0.4) is 0 Å². The van der Waals surface area contributed by atoms with E-state index < -0.39 is 19.0 Å². The van der Waals surface area contributed by atoms with Crippen molar-refractivity contribution >= 4 is 19.0 Å². The summed E-state index contributed by atoms with van der Waals surface area (Å²) in [4.78, 5) is 23.9. The molecule has 1 aromatic rings. The van der Waals surface area contributed by atoms with Gasteiger partial charge in [-0.05, 0) is 55.1 Å². The van der Waals surface area contributed by atoms with Crippen molar-refractivity contribution in [2.75, 3.05) is 7.11 Å². The van der Waals surface area contributed by atoms with E-state index in [2.05, 4.69) is 26.1 Å². The standard InChI is InChI=1S/C23H32BNO6/c1-6-19(26)25-18(10-13-8-7-9-15(21(27)28)20(13)29-5)24-30-17-12-14-11-16(22(14,2)3)23(17,4)31-24/h7-9,14,16-18H,6,10-12H2,1-5H3,(H,25,26)(H,27,28)/t14-,16-,17+,18?,23-/m0/s1. The summed E-state index contributed by atoms with van der Waals surface area (Å²) in [6.07, 6.45) is 2.80. The first-order chi connectivity index (χ1) is 14.6. The maximum Gasteiger partial charge on any atom is 0.482 e. The van der Waals surface area contributed by atoms with Crippen LogP contribution in [0, 0.1) is 17.3 Å². The smallest absolute Gasteiger partial charge is 0.482 e. The van der Waals surface area contributed by atoms with Crippen molar-refractivity contribution in [2.24, 2.45) is 17.3 Å². The molecular formula is C23H32BNO6. The number of ether oxygens (including phenoxy) is 1. The molecule has 3 aliphatic carbocycles. The van der Waals surface area contributed by atoms with E-state index >= 15 is 0 Å². The van der Waals surface area contributed by atoms with E-state index in [1.54, 1.807) is 13.0 Å². The summed E-state index contributed by atoms with van der Waals surface area (Å²) in [5.41, 5.74) is 0.633. The molecule has 0 radical (unpaired) electrons. The summed E-state index contributed by atoms with van der Waals surface area (Å²) in [6, 6.07) is 5.02. The third-order valence-electron chi connectivity index (χ3n) is 7.94. The number of carbonyl (C=O) groups is 2. The molecule has 1 heterocycles. The molecule has 5 rings (SSSR count). The molecule has 5 atom stereocenters. The minimum absolute atomic E-state index is 0.00236. The van der Waals surface area contributed by atoms with Gasteiger partial charge in [-0.3, -0.25) is 4.79 Å². The van der Waals surface area contributed by atoms with E-state index in [0.717, 1.165) is 12.8 Å². The van der Waals surface area contributed by atoms with Crippen LogP contribution in [0.1, 0.15) is 62.9 Å². The van der Waals surface area contributed by atoms with Gasteiger partial charge in [-0.2, -0.15) is 0 Å². The molecule has 31 heavy (non-hydrogen) atoms. The van der Waals surface area contributed by atoms with E-state index in [1.165, 1.54) is 13.2 Å². The maximum absolute atomic E-state index is 12.3. The monoisotopic (exact) mass is 429 g/mol. The summed E-state index contributed by atoms with van der Waals surface area (Å²) >= 11 is 0. The third kappa shape index (κ3) is 3.54. The number of hydrogen-bond acceptors (Lipinski definition) is 5. The van der Waals surface area contributed by atoms with Crippen LogP contribution in [0.2, 0.25) is 0 Å². The first-order valence-electron chi connectivity index (χ1n) is 11.1. The van der Waals surface area contributed by atoms with Gasteiger partial charge in [-0.1, -0.05) is 32.9 Å². The molecule has 2 bridgehead atoms. The Bertz CT molecular complexity index is 889. The minimum atomic E-state index is -1.05. The lowest BCUT2D eigenvalue weighted by Gasteiger charge is -2.64. The van der Waals surface area contributed by atoms with Gasteiger partial charge >= 0.3 is 13.1 Å². The molecule has 7 nitrogen and oxygen atoms in total. The number of methoxy groups -OCH3 is 1. The van der Waals surface area contributed by atoms with E-state index in [4.69, 9.17) is 14.0 Å². The Morgan fingerprint density at radius 1 is 1.32 bits per heavy atom. The number of para-hydroxylation sites is 1. The highest BCUT2D eigenvalue weighted by Crippen LogP contribution is 2.65. The number of carboxylic acid groups (broad SMARTS) is 1. The highest BCUT2D eigenvalue weighted by Gasteiger charge is 2.68. The van der Waals surface area contributed by atoms with Crippen molar-refractivity contribution < 1.29 is 28.7 Å². The average molecular weight is 429 g/mol. The van der Waals surface area contributed by atoms with E-state index in [9.17, 15) is 14.7 Å². The number of benzene rings is 1. The second-order valence-electron chi connectivity index (χ2n) is 9.87. The Kier molecular flexibility index (Phi) is 5.59. The third-order valence-corrected chi connectivity index (χ3v) is 7.94. The van der Waals surface area contributed by atoms with Gasteiger partial charge in [0.05, 0.1) is 24.8 Å². The number of nitrogens with one attached hydrogen (secondary N) is 1. The zero-order valence-corrected chi connectivity index (χ0v) is 18.9. The highest BCUT2D eigenvalue weighted by atomic mass is 16.7. The topological polar surface area (TPSA) is 94.1 Å². The zero-order valence-electron chi connectivity index (χ0n) is 18.9. The lowest BCUT2D eigenvalue weighted by Crippen LogP contribution is -2.65. The molecule has 0 spiro atoms. The van der Waals surface area contributed by atoms with Crippen molar-refractivity contribution in [2.45, 2.75) is 71.0 Å². The van der Waals surface area contributed by atoms with Crippen molar-refractivity contribution in [3.05, 3.63) is 29.3 Å². The Balaban J connectivity index is 1.61. The maximum atomic E-state index is 12.3. The Hall–Kier alpha value is -2.06. The van der Waals surface area contributed by atoms with Gasteiger partial charge in [-0.15, -0.1) is 0 Å². The molecule has 168 valence electrons. The molecular weight excluding hydrogens is 397 g/mol. The van der Waals surface area contributed by atoms with Crippen LogP contribution in [-0.2, 0) is 20.5 Å². The van der Waals surface area contributed by atoms with Gasteiger partial charge in [0.1, 0.15) is 11.3 Å². The number of carbonyl (C=O) groups excluding carboxylic acids is 1. The van der Waals surface area contributed by atoms with Gasteiger partial charge < -0.3 is 24.5 Å². The van der Waals surface area contributed by atoms with Crippen LogP contribution in [0.15, 0.2) is 18.2 Å². The largest absolute Gasteiger partial charge is 0.496 e. The molecule has 1 unspecified atom stereocenters. The number of hydrogen-bond donors (Lipinski definition) is 2. The van der Waals surface area contributed by atoms with Crippen molar-refractivity contribution in [3.8, 4) is 5.75 Å². The fourth-order valence-corrected chi connectivity index (χ4v) is 5.99. The van der Waals surface area contributed by atoms with Crippen molar-refractivity contribution in [1.82, 2.24) is 5.32 Å². The normalized spacial score (nSPS) is 31.4. The molecule has 1 aromatic carbocycles. The van der Waals surface area contributed by atoms with Crippen LogP contribution < -0.4 is 10.1 Å². The first-order valence-corrected chi connectivity index (χ1v) is 11.1. The number of carboxylic acids is 1. The molecule has 0 aromatic heterocycles. The molecule has 8 heteroatoms. The van der Waals surface area contributed by atoms with E-state index in [1.807, 2.05) is 6.07 Å². The van der Waals surface area contributed by atoms with Gasteiger partial charge in [0.25, 0.3) is 0 Å². The SMILES string of the molecule is CCC(=O)NC(Cc1cccc(C(=O)O)c1OC)B1O[C@@H]2C[C@@H]3C[C@@H](C3(C)C)[C@]2(C)O1. The molecule has 4 fully saturated rings. The van der Waals surface area contributed by atoms with Crippen LogP contribution in [0.4, 0.5) is 0 Å². The predicted molar refractivity (Wildman–Crippen MR) is 116 cm³/mol. The van der Waals surface area contributed by atoms with Gasteiger partial charge in [0.15, 0.2) is 0 Å². The molecule has 1 saturated heterocycles. The number of rotatable bonds is 7. The second kappa shape index (κ2) is 7.82. The summed E-state index contributed by atoms with van der Waals surface area (Å²) in [5, 5.41) is 12.5. The Morgan fingerprint density at radius 2 is 2.06 bits per heavy atom. The number of aromatic carboxylic acids is 1. The fourth-order valence-electron chi connectivity index (χ4n) is 5.99. The zero-order chi connectivity index (χ0) is 22.6. The average Bonchev–Trinajstić information content (AvgIpc) is 3.09. The number of amides is 1. The summed E-state index contributed by atoms with van der Waals surface area (Å²) < 4.78 is 18.4. The van der Waals surface area contributed by atoms with E-state index in [-0.39, 0.29) is 28.6 Å². The van der Waals surface area contributed by atoms with Gasteiger partial charge in [0.2, 0.25) is 5.91 Å². The quantitative estimate of drug-likeness (QED) is 0.647. The lowest BCUT2D eigenvalue weighted by molar-refractivity contribution is -0.199. The highest BCUT2D eigenvalue weighted by molar-refractivity contribution is 6.48. The first kappa shape index (κ1) is 22.2. The summed E-state index contributed by atoms with van der Waals surface area (Å²) in [5.74, 6) is -0.254. The molecule has 2 N–H and O–H groups in total. The van der Waals surface area contributed by atoms with Crippen molar-refractivity contribution in [3.63, 3.8) is 0 Å². The predicted octanol–water partition coefficient (Wildman–Crippen LogP) is 3.10. The second-order valence-corrected chi connectivity index (χ2v) is 9.87. The Labute approximate surface area is 184 Å². The molecule has 1 amide bonds. The van der Waals surface area contributed by atoms with Gasteiger partial charge in [-0.25, -0.2) is 4.79 Å². The Morgan fingerprint density at radius 3 is 2.68 bits per heavy atom. The fraction of sp³-hybridized carbons (Fsp3) is 0.652. The van der Waals surface area contributed by atoms with Crippen LogP contribution >= 0.6 is 0 Å².